The summed E-state index contributed by atoms with van der Waals surface area (Å²) in [5, 5.41) is 3.63. The highest BCUT2D eigenvalue weighted by atomic mass is 79.9. The van der Waals surface area contributed by atoms with Gasteiger partial charge in [0, 0.05) is 17.1 Å². The molecule has 2 nitrogen and oxygen atoms in total. The summed E-state index contributed by atoms with van der Waals surface area (Å²) in [6.45, 7) is 3.46. The van der Waals surface area contributed by atoms with Crippen LogP contribution in [0.3, 0.4) is 0 Å². The Labute approximate surface area is 125 Å². The minimum Gasteiger partial charge on any atom is -0.314 e. The van der Waals surface area contributed by atoms with E-state index in [0.29, 0.717) is 0 Å². The molecule has 1 fully saturated rings. The minimum atomic E-state index is 0.773. The number of nitrogens with zero attached hydrogens (tertiary/aromatic N) is 1. The molecule has 1 atom stereocenters. The standard InChI is InChI=1S/C16H25BrN2/c1-19(13-14-7-9-15(17)10-8-14)12-4-6-16-5-2-3-11-18-16/h7-10,16,18H,2-6,11-13H2,1H3. The maximum atomic E-state index is 3.63. The second kappa shape index (κ2) is 8.03. The molecule has 1 saturated heterocycles. The molecule has 1 aliphatic rings. The van der Waals surface area contributed by atoms with Crippen LogP contribution in [0.15, 0.2) is 28.7 Å². The SMILES string of the molecule is CN(CCCC1CCCCN1)Cc1ccc(Br)cc1. The van der Waals surface area contributed by atoms with Gasteiger partial charge in [-0.2, -0.15) is 0 Å². The van der Waals surface area contributed by atoms with Gasteiger partial charge in [0.2, 0.25) is 0 Å². The zero-order chi connectivity index (χ0) is 13.5. The zero-order valence-corrected chi connectivity index (χ0v) is 13.5. The lowest BCUT2D eigenvalue weighted by Crippen LogP contribution is -2.34. The number of nitrogens with one attached hydrogen (secondary N) is 1. The summed E-state index contributed by atoms with van der Waals surface area (Å²) in [5.41, 5.74) is 1.39. The third kappa shape index (κ3) is 5.64. The van der Waals surface area contributed by atoms with Crippen molar-refractivity contribution >= 4 is 15.9 Å². The molecular weight excluding hydrogens is 300 g/mol. The molecule has 0 saturated carbocycles. The van der Waals surface area contributed by atoms with E-state index in [2.05, 4.69) is 57.5 Å². The minimum absolute atomic E-state index is 0.773. The van der Waals surface area contributed by atoms with Gasteiger partial charge < -0.3 is 10.2 Å². The number of benzene rings is 1. The molecule has 0 aliphatic carbocycles. The van der Waals surface area contributed by atoms with Crippen molar-refractivity contribution in [1.82, 2.24) is 10.2 Å². The van der Waals surface area contributed by atoms with E-state index >= 15 is 0 Å². The van der Waals surface area contributed by atoms with Gasteiger partial charge in [-0.15, -0.1) is 0 Å². The van der Waals surface area contributed by atoms with Crippen molar-refractivity contribution < 1.29 is 0 Å². The van der Waals surface area contributed by atoms with E-state index in [-0.39, 0.29) is 0 Å². The Morgan fingerprint density at radius 3 is 2.74 bits per heavy atom. The van der Waals surface area contributed by atoms with Gasteiger partial charge in [0.1, 0.15) is 0 Å². The predicted molar refractivity (Wildman–Crippen MR) is 85.4 cm³/mol. The summed E-state index contributed by atoms with van der Waals surface area (Å²) >= 11 is 3.48. The van der Waals surface area contributed by atoms with Gasteiger partial charge in [-0.3, -0.25) is 0 Å². The number of hydrogen-bond donors (Lipinski definition) is 1. The van der Waals surface area contributed by atoms with Crippen molar-refractivity contribution in [3.63, 3.8) is 0 Å². The summed E-state index contributed by atoms with van der Waals surface area (Å²) < 4.78 is 1.15. The average Bonchev–Trinajstić information content (AvgIpc) is 2.43. The van der Waals surface area contributed by atoms with Gasteiger partial charge in [-0.1, -0.05) is 34.5 Å². The molecule has 1 aliphatic heterocycles. The first-order chi connectivity index (χ1) is 9.24. The molecule has 0 aromatic heterocycles. The number of hydrogen-bond acceptors (Lipinski definition) is 2. The average molecular weight is 325 g/mol. The van der Waals surface area contributed by atoms with Crippen molar-refractivity contribution in [3.8, 4) is 0 Å². The summed E-state index contributed by atoms with van der Waals surface area (Å²) in [6.07, 6.45) is 6.76. The van der Waals surface area contributed by atoms with Gasteiger partial charge in [0.25, 0.3) is 0 Å². The zero-order valence-electron chi connectivity index (χ0n) is 11.9. The quantitative estimate of drug-likeness (QED) is 0.856. The van der Waals surface area contributed by atoms with Crippen LogP contribution in [0.2, 0.25) is 0 Å². The molecule has 106 valence electrons. The van der Waals surface area contributed by atoms with Crippen LogP contribution < -0.4 is 5.32 Å². The fraction of sp³-hybridized carbons (Fsp3) is 0.625. The van der Waals surface area contributed by atoms with E-state index in [0.717, 1.165) is 17.1 Å². The largest absolute Gasteiger partial charge is 0.314 e. The summed E-state index contributed by atoms with van der Waals surface area (Å²) in [4.78, 5) is 2.42. The van der Waals surface area contributed by atoms with Gasteiger partial charge in [0.15, 0.2) is 0 Å². The molecule has 1 unspecified atom stereocenters. The van der Waals surface area contributed by atoms with Crippen molar-refractivity contribution in [2.24, 2.45) is 0 Å². The third-order valence-corrected chi connectivity index (χ3v) is 4.40. The van der Waals surface area contributed by atoms with E-state index in [4.69, 9.17) is 0 Å². The molecule has 0 bridgehead atoms. The Hall–Kier alpha value is -0.380. The lowest BCUT2D eigenvalue weighted by molar-refractivity contribution is 0.297. The highest BCUT2D eigenvalue weighted by molar-refractivity contribution is 9.10. The lowest BCUT2D eigenvalue weighted by Gasteiger charge is -2.24. The molecule has 19 heavy (non-hydrogen) atoms. The predicted octanol–water partition coefficient (Wildman–Crippen LogP) is 3.80. The van der Waals surface area contributed by atoms with Crippen molar-refractivity contribution in [2.45, 2.75) is 44.7 Å². The molecule has 0 amide bonds. The Bertz CT molecular complexity index is 358. The molecule has 1 N–H and O–H groups in total. The molecular formula is C16H25BrN2. The fourth-order valence-corrected chi connectivity index (χ4v) is 3.02. The topological polar surface area (TPSA) is 15.3 Å². The lowest BCUT2D eigenvalue weighted by atomic mass is 10.0. The van der Waals surface area contributed by atoms with Gasteiger partial charge in [0.05, 0.1) is 0 Å². The van der Waals surface area contributed by atoms with Crippen molar-refractivity contribution in [2.75, 3.05) is 20.1 Å². The van der Waals surface area contributed by atoms with Crippen LogP contribution >= 0.6 is 15.9 Å². The second-order valence-corrected chi connectivity index (χ2v) is 6.57. The van der Waals surface area contributed by atoms with Crippen molar-refractivity contribution in [1.29, 1.82) is 0 Å². The first-order valence-electron chi connectivity index (χ1n) is 7.40. The highest BCUT2D eigenvalue weighted by Gasteiger charge is 2.12. The first-order valence-corrected chi connectivity index (χ1v) is 8.20. The third-order valence-electron chi connectivity index (χ3n) is 3.87. The maximum Gasteiger partial charge on any atom is 0.0230 e. The monoisotopic (exact) mass is 324 g/mol. The normalized spacial score (nSPS) is 19.8. The summed E-state index contributed by atoms with van der Waals surface area (Å²) in [7, 11) is 2.22. The van der Waals surface area contributed by atoms with E-state index in [1.807, 2.05) is 0 Å². The van der Waals surface area contributed by atoms with E-state index in [1.54, 1.807) is 0 Å². The Balaban J connectivity index is 1.63. The number of halogens is 1. The van der Waals surface area contributed by atoms with Gasteiger partial charge in [-0.25, -0.2) is 0 Å². The Morgan fingerprint density at radius 1 is 1.26 bits per heavy atom. The first kappa shape index (κ1) is 15.0. The summed E-state index contributed by atoms with van der Waals surface area (Å²) in [5.74, 6) is 0. The molecule has 0 radical (unpaired) electrons. The highest BCUT2D eigenvalue weighted by Crippen LogP contribution is 2.14. The number of piperidine rings is 1. The molecule has 0 spiro atoms. The smallest absolute Gasteiger partial charge is 0.0230 e. The van der Waals surface area contributed by atoms with E-state index in [1.165, 1.54) is 50.8 Å². The van der Waals surface area contributed by atoms with Crippen LogP contribution in [0, 0.1) is 0 Å². The molecule has 1 heterocycles. The maximum absolute atomic E-state index is 3.63. The molecule has 1 aromatic carbocycles. The van der Waals surface area contributed by atoms with Crippen LogP contribution in [0.4, 0.5) is 0 Å². The number of rotatable bonds is 6. The van der Waals surface area contributed by atoms with Gasteiger partial charge >= 0.3 is 0 Å². The van der Waals surface area contributed by atoms with Gasteiger partial charge in [-0.05, 0) is 63.5 Å². The van der Waals surface area contributed by atoms with Crippen LogP contribution in [0.25, 0.3) is 0 Å². The molecule has 2 rings (SSSR count). The van der Waals surface area contributed by atoms with Crippen molar-refractivity contribution in [3.05, 3.63) is 34.3 Å². The summed E-state index contributed by atoms with van der Waals surface area (Å²) in [6, 6.07) is 9.41. The van der Waals surface area contributed by atoms with Crippen LogP contribution in [0.5, 0.6) is 0 Å². The Morgan fingerprint density at radius 2 is 2.05 bits per heavy atom. The second-order valence-electron chi connectivity index (χ2n) is 5.65. The van der Waals surface area contributed by atoms with Crippen LogP contribution in [0.1, 0.15) is 37.7 Å². The van der Waals surface area contributed by atoms with Crippen LogP contribution in [-0.2, 0) is 6.54 Å². The van der Waals surface area contributed by atoms with Crippen LogP contribution in [-0.4, -0.2) is 31.1 Å². The van der Waals surface area contributed by atoms with E-state index < -0.39 is 0 Å². The molecule has 1 aromatic rings. The Kier molecular flexibility index (Phi) is 6.35. The molecule has 3 heteroatoms. The fourth-order valence-electron chi connectivity index (χ4n) is 2.76. The van der Waals surface area contributed by atoms with E-state index in [9.17, 15) is 0 Å².